The summed E-state index contributed by atoms with van der Waals surface area (Å²) in [6.45, 7) is 0.532. The zero-order chi connectivity index (χ0) is 22.8. The summed E-state index contributed by atoms with van der Waals surface area (Å²) in [5.41, 5.74) is 2.92. The van der Waals surface area contributed by atoms with Gasteiger partial charge in [-0.1, -0.05) is 54.6 Å². The molecule has 0 bridgehead atoms. The second-order valence-corrected chi connectivity index (χ2v) is 8.90. The smallest absolute Gasteiger partial charge is 0.247 e. The number of allylic oxidation sites excluding steroid dienone is 1. The minimum atomic E-state index is -0.876. The van der Waals surface area contributed by atoms with Crippen molar-refractivity contribution in [2.75, 3.05) is 6.54 Å². The molecule has 1 unspecified atom stereocenters. The van der Waals surface area contributed by atoms with Crippen molar-refractivity contribution in [2.24, 2.45) is 11.3 Å². The maximum absolute atomic E-state index is 13.1. The molecule has 2 aliphatic heterocycles. The van der Waals surface area contributed by atoms with Gasteiger partial charge in [0, 0.05) is 18.4 Å². The molecular formula is C27H26N4O2. The van der Waals surface area contributed by atoms with E-state index in [4.69, 9.17) is 0 Å². The molecule has 1 aliphatic carbocycles. The van der Waals surface area contributed by atoms with E-state index in [0.717, 1.165) is 35.2 Å². The van der Waals surface area contributed by atoms with Crippen LogP contribution in [0.5, 0.6) is 0 Å². The van der Waals surface area contributed by atoms with Crippen LogP contribution >= 0.6 is 0 Å². The average molecular weight is 439 g/mol. The summed E-state index contributed by atoms with van der Waals surface area (Å²) in [4.78, 5) is 27.7. The summed E-state index contributed by atoms with van der Waals surface area (Å²) in [5, 5.41) is 15.9. The van der Waals surface area contributed by atoms with Gasteiger partial charge in [-0.2, -0.15) is 5.26 Å². The SMILES string of the molecule is N#C[C@@]1(C2CC2)CCN(C2=CC(NC(=O)Cc3ccccc3-c3ccccc3)NC=C2)C1=O. The molecule has 2 fully saturated rings. The van der Waals surface area contributed by atoms with Crippen molar-refractivity contribution in [3.05, 3.63) is 84.2 Å². The van der Waals surface area contributed by atoms with Gasteiger partial charge in [0.05, 0.1) is 12.5 Å². The Kier molecular flexibility index (Phi) is 5.47. The van der Waals surface area contributed by atoms with Crippen LogP contribution in [0.2, 0.25) is 0 Å². The van der Waals surface area contributed by atoms with E-state index in [9.17, 15) is 14.9 Å². The summed E-state index contributed by atoms with van der Waals surface area (Å²) in [7, 11) is 0. The van der Waals surface area contributed by atoms with Gasteiger partial charge in [0.1, 0.15) is 11.6 Å². The van der Waals surface area contributed by atoms with Crippen molar-refractivity contribution < 1.29 is 9.59 Å². The lowest BCUT2D eigenvalue weighted by molar-refractivity contribution is -0.132. The molecule has 166 valence electrons. The maximum Gasteiger partial charge on any atom is 0.247 e. The monoisotopic (exact) mass is 438 g/mol. The molecule has 2 aromatic rings. The fraction of sp³-hybridized carbons (Fsp3) is 0.296. The van der Waals surface area contributed by atoms with Crippen LogP contribution in [0.1, 0.15) is 24.8 Å². The predicted molar refractivity (Wildman–Crippen MR) is 125 cm³/mol. The molecular weight excluding hydrogens is 412 g/mol. The first-order valence-corrected chi connectivity index (χ1v) is 11.4. The molecule has 33 heavy (non-hydrogen) atoms. The Balaban J connectivity index is 1.28. The maximum atomic E-state index is 13.1. The molecule has 3 aliphatic rings. The van der Waals surface area contributed by atoms with E-state index in [1.807, 2.05) is 66.7 Å². The molecule has 0 aromatic heterocycles. The molecule has 2 aromatic carbocycles. The van der Waals surface area contributed by atoms with Gasteiger partial charge in [0.2, 0.25) is 11.8 Å². The van der Waals surface area contributed by atoms with E-state index in [0.29, 0.717) is 13.0 Å². The summed E-state index contributed by atoms with van der Waals surface area (Å²) >= 11 is 0. The molecule has 0 radical (unpaired) electrons. The molecule has 0 spiro atoms. The first kappa shape index (κ1) is 21.0. The second-order valence-electron chi connectivity index (χ2n) is 8.90. The van der Waals surface area contributed by atoms with Crippen LogP contribution in [0.4, 0.5) is 0 Å². The van der Waals surface area contributed by atoms with Crippen molar-refractivity contribution in [1.82, 2.24) is 15.5 Å². The Labute approximate surface area is 193 Å². The summed E-state index contributed by atoms with van der Waals surface area (Å²) in [6.07, 6.45) is 7.71. The number of benzene rings is 2. The van der Waals surface area contributed by atoms with Crippen LogP contribution in [0.15, 0.2) is 78.6 Å². The number of nitriles is 1. The van der Waals surface area contributed by atoms with Crippen LogP contribution in [0.3, 0.4) is 0 Å². The van der Waals surface area contributed by atoms with E-state index in [1.165, 1.54) is 0 Å². The number of rotatable bonds is 6. The quantitative estimate of drug-likeness (QED) is 0.723. The Morgan fingerprint density at radius 1 is 1.15 bits per heavy atom. The van der Waals surface area contributed by atoms with Crippen LogP contribution < -0.4 is 10.6 Å². The third-order valence-electron chi connectivity index (χ3n) is 6.78. The normalized spacial score (nSPS) is 24.1. The summed E-state index contributed by atoms with van der Waals surface area (Å²) < 4.78 is 0. The van der Waals surface area contributed by atoms with Crippen LogP contribution in [0.25, 0.3) is 11.1 Å². The first-order valence-electron chi connectivity index (χ1n) is 11.4. The van der Waals surface area contributed by atoms with Gasteiger partial charge in [0.15, 0.2) is 0 Å². The standard InChI is InChI=1S/C27H26N4O2/c28-18-27(21-10-11-21)13-15-31(26(27)33)22-12-14-29-24(17-22)30-25(32)16-20-8-4-5-9-23(20)19-6-2-1-3-7-19/h1-9,12,14,17,21,24,29H,10-11,13,15-16H2,(H,30,32)/t24?,27-/m1/s1. The largest absolute Gasteiger partial charge is 0.368 e. The number of dihydropyridines is 1. The van der Waals surface area contributed by atoms with E-state index < -0.39 is 11.6 Å². The third kappa shape index (κ3) is 4.03. The molecule has 5 rings (SSSR count). The Morgan fingerprint density at radius 2 is 1.91 bits per heavy atom. The zero-order valence-electron chi connectivity index (χ0n) is 18.3. The lowest BCUT2D eigenvalue weighted by Gasteiger charge is -2.26. The fourth-order valence-corrected chi connectivity index (χ4v) is 4.88. The topological polar surface area (TPSA) is 85.2 Å². The van der Waals surface area contributed by atoms with Gasteiger partial charge >= 0.3 is 0 Å². The molecule has 1 saturated heterocycles. The average Bonchev–Trinajstić information content (AvgIpc) is 3.64. The van der Waals surface area contributed by atoms with Gasteiger partial charge in [-0.15, -0.1) is 0 Å². The number of likely N-dealkylation sites (tertiary alicyclic amines) is 1. The number of carbonyl (C=O) groups excluding carboxylic acids is 2. The lowest BCUT2D eigenvalue weighted by Crippen LogP contribution is -2.45. The number of nitrogens with zero attached hydrogens (tertiary/aromatic N) is 2. The number of carbonyl (C=O) groups is 2. The Hall–Kier alpha value is -3.85. The highest BCUT2D eigenvalue weighted by molar-refractivity contribution is 5.90. The van der Waals surface area contributed by atoms with Crippen molar-refractivity contribution in [3.8, 4) is 17.2 Å². The highest BCUT2D eigenvalue weighted by Crippen LogP contribution is 2.51. The molecule has 2 amide bonds. The highest BCUT2D eigenvalue weighted by Gasteiger charge is 2.57. The Bertz CT molecular complexity index is 1180. The molecule has 2 heterocycles. The van der Waals surface area contributed by atoms with Crippen LogP contribution in [-0.4, -0.2) is 29.4 Å². The van der Waals surface area contributed by atoms with Crippen molar-refractivity contribution in [3.63, 3.8) is 0 Å². The lowest BCUT2D eigenvalue weighted by atomic mass is 9.83. The molecule has 2 atom stereocenters. The number of amides is 2. The fourth-order valence-electron chi connectivity index (χ4n) is 4.88. The predicted octanol–water partition coefficient (Wildman–Crippen LogP) is 3.49. The van der Waals surface area contributed by atoms with Crippen molar-refractivity contribution >= 4 is 11.8 Å². The molecule has 1 saturated carbocycles. The third-order valence-corrected chi connectivity index (χ3v) is 6.78. The van der Waals surface area contributed by atoms with Gasteiger partial charge in [-0.05, 0) is 54.0 Å². The molecule has 6 heteroatoms. The van der Waals surface area contributed by atoms with Crippen molar-refractivity contribution in [1.29, 1.82) is 5.26 Å². The van der Waals surface area contributed by atoms with Crippen LogP contribution in [0, 0.1) is 22.7 Å². The van der Waals surface area contributed by atoms with Gasteiger partial charge < -0.3 is 15.5 Å². The minimum absolute atomic E-state index is 0.104. The van der Waals surface area contributed by atoms with Crippen LogP contribution in [-0.2, 0) is 16.0 Å². The number of hydrogen-bond donors (Lipinski definition) is 2. The van der Waals surface area contributed by atoms with E-state index in [-0.39, 0.29) is 24.2 Å². The zero-order valence-corrected chi connectivity index (χ0v) is 18.3. The minimum Gasteiger partial charge on any atom is -0.368 e. The van der Waals surface area contributed by atoms with E-state index in [1.54, 1.807) is 11.1 Å². The summed E-state index contributed by atoms with van der Waals surface area (Å²) in [6, 6.07) is 20.3. The van der Waals surface area contributed by atoms with Gasteiger partial charge in [-0.3, -0.25) is 9.59 Å². The first-order chi connectivity index (χ1) is 16.1. The highest BCUT2D eigenvalue weighted by atomic mass is 16.2. The van der Waals surface area contributed by atoms with E-state index >= 15 is 0 Å². The summed E-state index contributed by atoms with van der Waals surface area (Å²) in [5.74, 6) is -0.0301. The van der Waals surface area contributed by atoms with Gasteiger partial charge in [-0.25, -0.2) is 0 Å². The molecule has 6 nitrogen and oxygen atoms in total. The second kappa shape index (κ2) is 8.59. The van der Waals surface area contributed by atoms with Gasteiger partial charge in [0.25, 0.3) is 0 Å². The van der Waals surface area contributed by atoms with E-state index in [2.05, 4.69) is 16.7 Å². The molecule has 2 N–H and O–H groups in total. The Morgan fingerprint density at radius 3 is 2.67 bits per heavy atom. The van der Waals surface area contributed by atoms with Crippen molar-refractivity contribution in [2.45, 2.75) is 31.8 Å². The number of hydrogen-bond acceptors (Lipinski definition) is 4. The number of nitrogens with one attached hydrogen (secondary N) is 2.